The largest absolute Gasteiger partial charge is 0.449 e. The third-order valence-corrected chi connectivity index (χ3v) is 2.39. The Morgan fingerprint density at radius 3 is 2.94 bits per heavy atom. The fraction of sp³-hybridized carbons (Fsp3) is 0.364. The van der Waals surface area contributed by atoms with Gasteiger partial charge in [-0.05, 0) is 24.6 Å². The Labute approximate surface area is 102 Å². The summed E-state index contributed by atoms with van der Waals surface area (Å²) in [4.78, 5) is 11.2. The van der Waals surface area contributed by atoms with Crippen LogP contribution in [-0.2, 0) is 4.74 Å². The van der Waals surface area contributed by atoms with Crippen LogP contribution in [0.2, 0.25) is 0 Å². The number of hydrogen-bond donors (Lipinski definition) is 1. The van der Waals surface area contributed by atoms with Crippen molar-refractivity contribution in [2.45, 2.75) is 19.8 Å². The second kappa shape index (κ2) is 6.48. The Bertz CT molecular complexity index is 371. The van der Waals surface area contributed by atoms with Crippen LogP contribution in [0.1, 0.15) is 19.8 Å². The van der Waals surface area contributed by atoms with Gasteiger partial charge in [-0.2, -0.15) is 0 Å². The molecule has 0 aliphatic carbocycles. The van der Waals surface area contributed by atoms with Gasteiger partial charge in [0.2, 0.25) is 0 Å². The molecule has 0 heterocycles. The highest BCUT2D eigenvalue weighted by Crippen LogP contribution is 2.19. The van der Waals surface area contributed by atoms with Gasteiger partial charge >= 0.3 is 6.09 Å². The molecule has 0 saturated heterocycles. The predicted octanol–water partition coefficient (Wildman–Crippen LogP) is 3.94. The first-order valence-corrected chi connectivity index (χ1v) is 5.81. The summed E-state index contributed by atoms with van der Waals surface area (Å²) in [6, 6.07) is 4.40. The molecule has 0 saturated carbocycles. The summed E-state index contributed by atoms with van der Waals surface area (Å²) in [6.07, 6.45) is 1.12. The Morgan fingerprint density at radius 1 is 1.56 bits per heavy atom. The zero-order valence-electron chi connectivity index (χ0n) is 8.93. The van der Waals surface area contributed by atoms with E-state index >= 15 is 0 Å². The highest BCUT2D eigenvalue weighted by Gasteiger charge is 2.07. The molecule has 1 rings (SSSR count). The van der Waals surface area contributed by atoms with Crippen LogP contribution in [0.5, 0.6) is 0 Å². The van der Waals surface area contributed by atoms with Crippen molar-refractivity contribution in [3.05, 3.63) is 28.5 Å². The Morgan fingerprint density at radius 2 is 2.31 bits per heavy atom. The number of halogens is 2. The van der Waals surface area contributed by atoms with E-state index in [1.54, 1.807) is 6.07 Å². The highest BCUT2D eigenvalue weighted by atomic mass is 79.9. The van der Waals surface area contributed by atoms with Crippen molar-refractivity contribution in [3.8, 4) is 0 Å². The van der Waals surface area contributed by atoms with Gasteiger partial charge in [0.05, 0.1) is 12.3 Å². The summed E-state index contributed by atoms with van der Waals surface area (Å²) in [7, 11) is 0. The van der Waals surface area contributed by atoms with Crippen LogP contribution in [0.25, 0.3) is 0 Å². The summed E-state index contributed by atoms with van der Waals surface area (Å²) in [5.41, 5.74) is 0.115. The average Bonchev–Trinajstić information content (AvgIpc) is 2.23. The first kappa shape index (κ1) is 13.0. The number of carbonyl (C=O) groups is 1. The molecule has 3 nitrogen and oxygen atoms in total. The lowest BCUT2D eigenvalue weighted by molar-refractivity contribution is 0.160. The van der Waals surface area contributed by atoms with Gasteiger partial charge in [-0.1, -0.05) is 29.3 Å². The molecule has 1 aromatic carbocycles. The maximum absolute atomic E-state index is 13.3. The smallest absolute Gasteiger partial charge is 0.411 e. The molecule has 1 N–H and O–H groups in total. The maximum atomic E-state index is 13.3. The molecule has 1 amide bonds. The van der Waals surface area contributed by atoms with Crippen LogP contribution < -0.4 is 5.32 Å². The Balaban J connectivity index is 2.49. The van der Waals surface area contributed by atoms with Crippen molar-refractivity contribution in [3.63, 3.8) is 0 Å². The molecule has 88 valence electrons. The number of benzene rings is 1. The van der Waals surface area contributed by atoms with Gasteiger partial charge in [-0.25, -0.2) is 9.18 Å². The van der Waals surface area contributed by atoms with Crippen LogP contribution in [0.3, 0.4) is 0 Å². The van der Waals surface area contributed by atoms with Crippen LogP contribution in [0, 0.1) is 5.82 Å². The molecule has 0 aromatic heterocycles. The number of rotatable bonds is 4. The third kappa shape index (κ3) is 4.18. The van der Waals surface area contributed by atoms with Crippen LogP contribution in [0.4, 0.5) is 14.9 Å². The van der Waals surface area contributed by atoms with Gasteiger partial charge in [-0.15, -0.1) is 0 Å². The standard InChI is InChI=1S/C11H13BrFNO2/c1-2-3-6-16-11(15)14-10-5-4-8(12)7-9(10)13/h4-5,7H,2-3,6H2,1H3,(H,14,15). The van der Waals surface area contributed by atoms with Gasteiger partial charge in [0, 0.05) is 4.47 Å². The minimum Gasteiger partial charge on any atom is -0.449 e. The maximum Gasteiger partial charge on any atom is 0.411 e. The molecule has 5 heteroatoms. The summed E-state index contributed by atoms with van der Waals surface area (Å²) in [5, 5.41) is 2.34. The molecule has 0 radical (unpaired) electrons. The Hall–Kier alpha value is -1.10. The van der Waals surface area contributed by atoms with Gasteiger partial charge in [0.25, 0.3) is 0 Å². The number of amides is 1. The van der Waals surface area contributed by atoms with Gasteiger partial charge in [0.15, 0.2) is 0 Å². The topological polar surface area (TPSA) is 38.3 Å². The molecule has 0 spiro atoms. The number of carbonyl (C=O) groups excluding carboxylic acids is 1. The summed E-state index contributed by atoms with van der Waals surface area (Å²) in [6.45, 7) is 2.34. The van der Waals surface area contributed by atoms with E-state index in [-0.39, 0.29) is 5.69 Å². The quantitative estimate of drug-likeness (QED) is 0.853. The van der Waals surface area contributed by atoms with Crippen molar-refractivity contribution in [1.29, 1.82) is 0 Å². The second-order valence-electron chi connectivity index (χ2n) is 3.24. The lowest BCUT2D eigenvalue weighted by Crippen LogP contribution is -2.15. The van der Waals surface area contributed by atoms with E-state index in [1.807, 2.05) is 6.92 Å². The molecule has 0 bridgehead atoms. The van der Waals surface area contributed by atoms with E-state index in [4.69, 9.17) is 4.74 Å². The number of nitrogens with one attached hydrogen (secondary N) is 1. The van der Waals surface area contributed by atoms with Crippen LogP contribution >= 0.6 is 15.9 Å². The lowest BCUT2D eigenvalue weighted by Gasteiger charge is -2.07. The van der Waals surface area contributed by atoms with Crippen LogP contribution in [-0.4, -0.2) is 12.7 Å². The minimum atomic E-state index is -0.630. The van der Waals surface area contributed by atoms with E-state index in [1.165, 1.54) is 12.1 Å². The minimum absolute atomic E-state index is 0.115. The van der Waals surface area contributed by atoms with Crippen LogP contribution in [0.15, 0.2) is 22.7 Å². The predicted molar refractivity (Wildman–Crippen MR) is 64.0 cm³/mol. The summed E-state index contributed by atoms with van der Waals surface area (Å²) < 4.78 is 18.8. The number of ether oxygens (including phenoxy) is 1. The van der Waals surface area contributed by atoms with Crippen molar-refractivity contribution in [2.75, 3.05) is 11.9 Å². The van der Waals surface area contributed by atoms with Crippen molar-refractivity contribution < 1.29 is 13.9 Å². The van der Waals surface area contributed by atoms with E-state index in [2.05, 4.69) is 21.2 Å². The molecule has 0 unspecified atom stereocenters. The zero-order chi connectivity index (χ0) is 12.0. The second-order valence-corrected chi connectivity index (χ2v) is 4.15. The molecule has 0 fully saturated rings. The van der Waals surface area contributed by atoms with Gasteiger partial charge < -0.3 is 4.74 Å². The number of unbranched alkanes of at least 4 members (excludes halogenated alkanes) is 1. The van der Waals surface area contributed by atoms with Crippen molar-refractivity contribution in [2.24, 2.45) is 0 Å². The number of anilines is 1. The molecule has 0 atom stereocenters. The van der Waals surface area contributed by atoms with Gasteiger partial charge in [0.1, 0.15) is 5.82 Å². The fourth-order valence-corrected chi connectivity index (χ4v) is 1.38. The van der Waals surface area contributed by atoms with E-state index in [0.29, 0.717) is 11.1 Å². The third-order valence-electron chi connectivity index (χ3n) is 1.90. The molecular weight excluding hydrogens is 277 g/mol. The molecular formula is C11H13BrFNO2. The van der Waals surface area contributed by atoms with Gasteiger partial charge in [-0.3, -0.25) is 5.32 Å². The van der Waals surface area contributed by atoms with E-state index < -0.39 is 11.9 Å². The van der Waals surface area contributed by atoms with E-state index in [0.717, 1.165) is 12.8 Å². The number of hydrogen-bond acceptors (Lipinski definition) is 2. The fourth-order valence-electron chi connectivity index (χ4n) is 1.05. The van der Waals surface area contributed by atoms with Crippen molar-refractivity contribution in [1.82, 2.24) is 0 Å². The first-order chi connectivity index (χ1) is 7.63. The monoisotopic (exact) mass is 289 g/mol. The lowest BCUT2D eigenvalue weighted by atomic mass is 10.3. The normalized spacial score (nSPS) is 9.94. The highest BCUT2D eigenvalue weighted by molar-refractivity contribution is 9.10. The average molecular weight is 290 g/mol. The molecule has 1 aromatic rings. The molecule has 0 aliphatic rings. The zero-order valence-corrected chi connectivity index (χ0v) is 10.5. The van der Waals surface area contributed by atoms with E-state index in [9.17, 15) is 9.18 Å². The van der Waals surface area contributed by atoms with Crippen molar-refractivity contribution >= 4 is 27.7 Å². The molecule has 0 aliphatic heterocycles. The summed E-state index contributed by atoms with van der Waals surface area (Å²) in [5.74, 6) is -0.498. The SMILES string of the molecule is CCCCOC(=O)Nc1ccc(Br)cc1F. The molecule has 16 heavy (non-hydrogen) atoms. The first-order valence-electron chi connectivity index (χ1n) is 5.02. The summed E-state index contributed by atoms with van der Waals surface area (Å²) >= 11 is 3.13. The Kier molecular flexibility index (Phi) is 5.25.